The zero-order valence-electron chi connectivity index (χ0n) is 50.0. The summed E-state index contributed by atoms with van der Waals surface area (Å²) in [5.41, 5.74) is 22.6. The van der Waals surface area contributed by atoms with Crippen molar-refractivity contribution in [3.8, 4) is 0 Å². The number of rotatable bonds is 28. The SMILES string of the molecule is CCC1O[C@H](O[C@H]2C(OCc3ccccc3)C(C)[C@H](O[C@H]3C(C)C(N=[N+]=[N-])[C@@H](OCCCCCN(CC(=O)c4ccccc4)Cc4ccccc4)O[C@H]3CC)O[C@H]2C(C)=O)C(N=[N+]=[N-])[C@@H](C)[C@@H]1O[C@@H]1OC(C(=O)OC)[C@@H](C)[C@H](C)C1OC(C)=O. The van der Waals surface area contributed by atoms with Crippen LogP contribution in [0.2, 0.25) is 0 Å². The van der Waals surface area contributed by atoms with E-state index in [-0.39, 0.29) is 12.4 Å². The van der Waals surface area contributed by atoms with Gasteiger partial charge in [-0.3, -0.25) is 19.3 Å². The molecule has 4 aliphatic heterocycles. The Hall–Kier alpha value is -5.84. The molecular formula is C62H85N7O15. The number of methoxy groups -OCH3 is 1. The zero-order valence-corrected chi connectivity index (χ0v) is 50.0. The van der Waals surface area contributed by atoms with E-state index in [9.17, 15) is 30.2 Å². The summed E-state index contributed by atoms with van der Waals surface area (Å²) >= 11 is 0. The molecule has 7 rings (SSSR count). The quantitative estimate of drug-likeness (QED) is 0.0163. The lowest BCUT2D eigenvalue weighted by Gasteiger charge is -2.51. The van der Waals surface area contributed by atoms with E-state index in [2.05, 4.69) is 37.1 Å². The Morgan fingerprint density at radius 1 is 0.571 bits per heavy atom. The van der Waals surface area contributed by atoms with Gasteiger partial charge in [0.05, 0.1) is 62.9 Å². The highest BCUT2D eigenvalue weighted by Crippen LogP contribution is 2.43. The Bertz CT molecular complexity index is 2670. The van der Waals surface area contributed by atoms with Gasteiger partial charge < -0.3 is 52.1 Å². The second kappa shape index (κ2) is 32.1. The molecule has 458 valence electrons. The number of carbonyl (C=O) groups is 4. The van der Waals surface area contributed by atoms with Crippen LogP contribution in [0.15, 0.2) is 101 Å². The minimum atomic E-state index is -1.29. The van der Waals surface area contributed by atoms with Crippen LogP contribution < -0.4 is 0 Å². The summed E-state index contributed by atoms with van der Waals surface area (Å²) in [5, 5.41) is 8.38. The Balaban J connectivity index is 1.05. The number of nitrogens with zero attached hydrogens (tertiary/aromatic N) is 7. The molecule has 0 N–H and O–H groups in total. The zero-order chi connectivity index (χ0) is 60.5. The molecule has 20 atom stereocenters. The molecule has 0 bridgehead atoms. The van der Waals surface area contributed by atoms with E-state index in [0.717, 1.165) is 24.0 Å². The van der Waals surface area contributed by atoms with Crippen LogP contribution in [0.25, 0.3) is 20.9 Å². The van der Waals surface area contributed by atoms with E-state index in [1.807, 2.05) is 127 Å². The largest absolute Gasteiger partial charge is 0.467 e. The number of Topliss-reactive ketones (excluding diaryl/α,β-unsaturated/α-hetero) is 2. The molecule has 3 aromatic rings. The van der Waals surface area contributed by atoms with E-state index in [1.54, 1.807) is 0 Å². The molecule has 22 nitrogen and oxygen atoms in total. The third-order valence-corrected chi connectivity index (χ3v) is 16.8. The first-order valence-corrected chi connectivity index (χ1v) is 29.6. The Morgan fingerprint density at radius 2 is 1.12 bits per heavy atom. The second-order valence-corrected chi connectivity index (χ2v) is 22.6. The molecular weight excluding hydrogens is 1080 g/mol. The van der Waals surface area contributed by atoms with Crippen molar-refractivity contribution in [3.63, 3.8) is 0 Å². The Labute approximate surface area is 493 Å². The number of unbranched alkanes of at least 4 members (excludes halogenated alkanes) is 2. The molecule has 0 aliphatic carbocycles. The lowest BCUT2D eigenvalue weighted by atomic mass is 9.83. The maximum absolute atomic E-state index is 14.0. The fourth-order valence-corrected chi connectivity index (χ4v) is 11.9. The fourth-order valence-electron chi connectivity index (χ4n) is 11.9. The first kappa shape index (κ1) is 65.7. The first-order chi connectivity index (χ1) is 40.5. The predicted octanol–water partition coefficient (Wildman–Crippen LogP) is 10.3. The summed E-state index contributed by atoms with van der Waals surface area (Å²) in [5.74, 6) is -4.04. The summed E-state index contributed by atoms with van der Waals surface area (Å²) in [6.45, 7) is 17.9. The fraction of sp³-hybridized carbons (Fsp3) is 0.645. The molecule has 0 radical (unpaired) electrons. The van der Waals surface area contributed by atoms with Gasteiger partial charge in [-0.15, -0.1) is 0 Å². The van der Waals surface area contributed by atoms with E-state index in [0.29, 0.717) is 51.1 Å². The molecule has 8 unspecified atom stereocenters. The van der Waals surface area contributed by atoms with Crippen LogP contribution in [0.5, 0.6) is 0 Å². The number of benzene rings is 3. The third kappa shape index (κ3) is 16.8. The van der Waals surface area contributed by atoms with Crippen LogP contribution in [0.4, 0.5) is 0 Å². The lowest BCUT2D eigenvalue weighted by molar-refractivity contribution is -0.357. The van der Waals surface area contributed by atoms with E-state index in [4.69, 9.17) is 52.1 Å². The number of azide groups is 2. The number of esters is 2. The predicted molar refractivity (Wildman–Crippen MR) is 307 cm³/mol. The first-order valence-electron chi connectivity index (χ1n) is 29.6. The topological polar surface area (TPSA) is 271 Å². The van der Waals surface area contributed by atoms with E-state index < -0.39 is 139 Å². The van der Waals surface area contributed by atoms with Crippen LogP contribution >= 0.6 is 0 Å². The van der Waals surface area contributed by atoms with Crippen molar-refractivity contribution in [2.24, 2.45) is 39.8 Å². The standard InChI is InChI=1S/C62H85N7O15/c1-11-47-51(38(5)49(65-67-63)60(78-47)75-32-24-16-23-31-69(33-43-25-17-13-18-26-43)34-46(72)45-29-21-15-22-30-45)80-59-40(7)53(76-35-44-27-19-14-20-28-44)57(56(83-59)41(8)70)84-61-50(66-68-64)39(6)52(48(12-2)79-61)81-62-55(77-42(9)71)37(4)36(3)54(82-62)58(73)74-10/h13-15,17-22,25-30,36-40,47-57,59-62H,11-12,16,23-24,31-35H2,1-10H3/t36-,37-,38?,39+,40?,47-,48?,49?,50?,51-,52-,53?,54?,55?,56-,57-,59+,60-,61+,62+/m0/s1. The monoisotopic (exact) mass is 1170 g/mol. The van der Waals surface area contributed by atoms with Crippen molar-refractivity contribution in [1.29, 1.82) is 0 Å². The highest BCUT2D eigenvalue weighted by Gasteiger charge is 2.56. The summed E-state index contributed by atoms with van der Waals surface area (Å²) in [6, 6.07) is 27.1. The summed E-state index contributed by atoms with van der Waals surface area (Å²) < 4.78 is 70.7. The van der Waals surface area contributed by atoms with Gasteiger partial charge in [0.1, 0.15) is 12.2 Å². The van der Waals surface area contributed by atoms with Crippen molar-refractivity contribution < 1.29 is 71.3 Å². The van der Waals surface area contributed by atoms with Crippen LogP contribution in [0.1, 0.15) is 116 Å². The average Bonchev–Trinajstić information content (AvgIpc) is 2.29. The van der Waals surface area contributed by atoms with Gasteiger partial charge >= 0.3 is 11.9 Å². The molecule has 4 saturated heterocycles. The molecule has 84 heavy (non-hydrogen) atoms. The smallest absolute Gasteiger partial charge is 0.335 e. The molecule has 0 amide bonds. The van der Waals surface area contributed by atoms with Crippen LogP contribution in [0, 0.1) is 29.6 Å². The lowest BCUT2D eigenvalue weighted by Crippen LogP contribution is -2.64. The Morgan fingerprint density at radius 3 is 1.69 bits per heavy atom. The van der Waals surface area contributed by atoms with Gasteiger partial charge in [0, 0.05) is 47.3 Å². The van der Waals surface area contributed by atoms with Gasteiger partial charge in [-0.1, -0.05) is 150 Å². The number of hydrogen-bond acceptors (Lipinski definition) is 18. The minimum absolute atomic E-state index is 0.0649. The third-order valence-electron chi connectivity index (χ3n) is 16.8. The van der Waals surface area contributed by atoms with Crippen molar-refractivity contribution in [2.75, 3.05) is 26.8 Å². The summed E-state index contributed by atoms with van der Waals surface area (Å²) in [6.07, 6.45) is -9.34. The molecule has 22 heteroatoms. The molecule has 0 spiro atoms. The van der Waals surface area contributed by atoms with Crippen molar-refractivity contribution >= 4 is 23.5 Å². The molecule has 0 saturated carbocycles. The van der Waals surface area contributed by atoms with Gasteiger partial charge in [0.15, 0.2) is 48.9 Å². The average molecular weight is 1170 g/mol. The molecule has 4 fully saturated rings. The Kier molecular flexibility index (Phi) is 25.1. The van der Waals surface area contributed by atoms with Gasteiger partial charge in [0.2, 0.25) is 0 Å². The maximum atomic E-state index is 14.0. The summed E-state index contributed by atoms with van der Waals surface area (Å²) in [4.78, 5) is 61.2. The molecule has 4 aliphatic rings. The van der Waals surface area contributed by atoms with E-state index >= 15 is 0 Å². The van der Waals surface area contributed by atoms with Gasteiger partial charge in [-0.25, -0.2) is 4.79 Å². The van der Waals surface area contributed by atoms with Crippen molar-refractivity contribution in [3.05, 3.63) is 129 Å². The highest BCUT2D eigenvalue weighted by atomic mass is 16.8. The van der Waals surface area contributed by atoms with Crippen LogP contribution in [0.3, 0.4) is 0 Å². The maximum Gasteiger partial charge on any atom is 0.335 e. The normalized spacial score (nSPS) is 33.2. The van der Waals surface area contributed by atoms with Gasteiger partial charge in [-0.05, 0) is 85.5 Å². The number of ketones is 2. The number of hydrogen-bond donors (Lipinski definition) is 0. The van der Waals surface area contributed by atoms with Crippen molar-refractivity contribution in [2.45, 2.75) is 200 Å². The van der Waals surface area contributed by atoms with Crippen molar-refractivity contribution in [1.82, 2.24) is 4.90 Å². The number of carbonyl (C=O) groups excluding carboxylic acids is 4. The second-order valence-electron chi connectivity index (χ2n) is 22.6. The van der Waals surface area contributed by atoms with E-state index in [1.165, 1.54) is 21.0 Å². The molecule has 4 heterocycles. The van der Waals surface area contributed by atoms with Gasteiger partial charge in [-0.2, -0.15) is 0 Å². The van der Waals surface area contributed by atoms with Crippen LogP contribution in [-0.2, 0) is 79.6 Å². The van der Waals surface area contributed by atoms with Gasteiger partial charge in [0.25, 0.3) is 0 Å². The highest BCUT2D eigenvalue weighted by molar-refractivity contribution is 5.97. The minimum Gasteiger partial charge on any atom is -0.467 e. The number of ether oxygens (including phenoxy) is 11. The summed E-state index contributed by atoms with van der Waals surface area (Å²) in [7, 11) is 1.26. The molecule has 3 aromatic carbocycles. The molecule has 0 aromatic heterocycles. The van der Waals surface area contributed by atoms with Crippen LogP contribution in [-0.4, -0.2) is 147 Å².